The van der Waals surface area contributed by atoms with Gasteiger partial charge in [0.15, 0.2) is 0 Å². The highest BCUT2D eigenvalue weighted by Crippen LogP contribution is 2.14. The number of nitrogens with one attached hydrogen (secondary N) is 1. The second-order valence-corrected chi connectivity index (χ2v) is 4.85. The minimum absolute atomic E-state index is 0.193. The van der Waals surface area contributed by atoms with Crippen molar-refractivity contribution in [1.82, 2.24) is 5.32 Å². The summed E-state index contributed by atoms with van der Waals surface area (Å²) in [7, 11) is 0. The summed E-state index contributed by atoms with van der Waals surface area (Å²) < 4.78 is 13.7. The molecule has 1 N–H and O–H groups in total. The van der Waals surface area contributed by atoms with E-state index in [9.17, 15) is 4.39 Å². The normalized spacial score (nSPS) is 10.5. The van der Waals surface area contributed by atoms with Gasteiger partial charge >= 0.3 is 0 Å². The van der Waals surface area contributed by atoms with Crippen molar-refractivity contribution in [1.29, 1.82) is 0 Å². The summed E-state index contributed by atoms with van der Waals surface area (Å²) in [5, 5.41) is 3.25. The van der Waals surface area contributed by atoms with E-state index in [0.29, 0.717) is 0 Å². The molecule has 0 atom stereocenters. The van der Waals surface area contributed by atoms with Crippen LogP contribution >= 0.6 is 27.7 Å². The predicted molar refractivity (Wildman–Crippen MR) is 64.2 cm³/mol. The summed E-state index contributed by atoms with van der Waals surface area (Å²) >= 11 is 5.06. The fraction of sp³-hybridized carbons (Fsp3) is 0.400. The smallest absolute Gasteiger partial charge is 0.124 e. The van der Waals surface area contributed by atoms with Crippen LogP contribution < -0.4 is 5.32 Å². The summed E-state index contributed by atoms with van der Waals surface area (Å²) in [6.45, 7) is 1.67. The number of hydrogen-bond donors (Lipinski definition) is 1. The topological polar surface area (TPSA) is 12.0 Å². The Morgan fingerprint density at radius 3 is 2.86 bits per heavy atom. The van der Waals surface area contributed by atoms with Gasteiger partial charge in [0.1, 0.15) is 5.82 Å². The van der Waals surface area contributed by atoms with Crippen LogP contribution in [0.15, 0.2) is 22.7 Å². The largest absolute Gasteiger partial charge is 0.312 e. The summed E-state index contributed by atoms with van der Waals surface area (Å²) in [5.74, 6) is 0.886. The van der Waals surface area contributed by atoms with Crippen molar-refractivity contribution >= 4 is 27.7 Å². The molecule has 0 aliphatic heterocycles. The summed E-state index contributed by atoms with van der Waals surface area (Å²) in [6, 6.07) is 4.94. The average Bonchev–Trinajstić information content (AvgIpc) is 2.11. The third-order valence-electron chi connectivity index (χ3n) is 1.73. The number of benzene rings is 1. The lowest BCUT2D eigenvalue weighted by Crippen LogP contribution is -2.16. The highest BCUT2D eigenvalue weighted by molar-refractivity contribution is 9.10. The molecule has 0 unspecified atom stereocenters. The highest BCUT2D eigenvalue weighted by Gasteiger charge is 1.98. The van der Waals surface area contributed by atoms with Crippen molar-refractivity contribution in [3.63, 3.8) is 0 Å². The van der Waals surface area contributed by atoms with E-state index < -0.39 is 0 Å². The van der Waals surface area contributed by atoms with E-state index in [1.54, 1.807) is 17.8 Å². The molecule has 0 spiro atoms. The molecule has 14 heavy (non-hydrogen) atoms. The van der Waals surface area contributed by atoms with E-state index in [1.807, 2.05) is 6.07 Å². The summed E-state index contributed by atoms with van der Waals surface area (Å²) in [5.41, 5.74) is 0.970. The Bertz CT molecular complexity index is 273. The van der Waals surface area contributed by atoms with Gasteiger partial charge in [-0.25, -0.2) is 4.39 Å². The fourth-order valence-corrected chi connectivity index (χ4v) is 1.98. The Hall–Kier alpha value is -0.0600. The first-order chi connectivity index (χ1) is 6.72. The third kappa shape index (κ3) is 4.44. The zero-order valence-electron chi connectivity index (χ0n) is 8.02. The SMILES string of the molecule is CSCCNCc1cc(F)cc(Br)c1. The average molecular weight is 278 g/mol. The van der Waals surface area contributed by atoms with E-state index >= 15 is 0 Å². The molecule has 1 rings (SSSR count). The molecule has 78 valence electrons. The van der Waals surface area contributed by atoms with Gasteiger partial charge in [-0.15, -0.1) is 0 Å². The minimum atomic E-state index is -0.193. The van der Waals surface area contributed by atoms with E-state index in [1.165, 1.54) is 6.07 Å². The van der Waals surface area contributed by atoms with Gasteiger partial charge in [0.05, 0.1) is 0 Å². The van der Waals surface area contributed by atoms with Crippen LogP contribution in [0.25, 0.3) is 0 Å². The molecular formula is C10H13BrFNS. The van der Waals surface area contributed by atoms with Gasteiger partial charge < -0.3 is 5.32 Å². The van der Waals surface area contributed by atoms with Crippen LogP contribution in [-0.4, -0.2) is 18.6 Å². The first-order valence-corrected chi connectivity index (χ1v) is 6.55. The minimum Gasteiger partial charge on any atom is -0.312 e. The fourth-order valence-electron chi connectivity index (χ4n) is 1.12. The van der Waals surface area contributed by atoms with Crippen molar-refractivity contribution in [2.45, 2.75) is 6.54 Å². The zero-order chi connectivity index (χ0) is 10.4. The molecule has 0 aliphatic carbocycles. The molecule has 1 aromatic rings. The molecule has 0 fully saturated rings. The molecule has 0 amide bonds. The van der Waals surface area contributed by atoms with Gasteiger partial charge in [-0.3, -0.25) is 0 Å². The molecule has 0 radical (unpaired) electrons. The van der Waals surface area contributed by atoms with Gasteiger partial charge in [0.25, 0.3) is 0 Å². The summed E-state index contributed by atoms with van der Waals surface area (Å²) in [6.07, 6.45) is 2.07. The second kappa shape index (κ2) is 6.43. The first-order valence-electron chi connectivity index (χ1n) is 4.37. The van der Waals surface area contributed by atoms with Crippen molar-refractivity contribution in [2.75, 3.05) is 18.6 Å². The molecule has 0 saturated carbocycles. The van der Waals surface area contributed by atoms with Crippen molar-refractivity contribution in [3.05, 3.63) is 34.1 Å². The zero-order valence-corrected chi connectivity index (χ0v) is 10.4. The molecule has 0 saturated heterocycles. The lowest BCUT2D eigenvalue weighted by atomic mass is 10.2. The van der Waals surface area contributed by atoms with Gasteiger partial charge in [-0.2, -0.15) is 11.8 Å². The van der Waals surface area contributed by atoms with Gasteiger partial charge in [0, 0.05) is 23.3 Å². The first kappa shape index (κ1) is 12.0. The molecular weight excluding hydrogens is 265 g/mol. The third-order valence-corrected chi connectivity index (χ3v) is 2.80. The molecule has 0 aliphatic rings. The van der Waals surface area contributed by atoms with Crippen LogP contribution in [0.4, 0.5) is 4.39 Å². The maximum Gasteiger partial charge on any atom is 0.124 e. The second-order valence-electron chi connectivity index (χ2n) is 2.95. The number of thioether (sulfide) groups is 1. The van der Waals surface area contributed by atoms with Crippen LogP contribution in [0.1, 0.15) is 5.56 Å². The molecule has 1 aromatic carbocycles. The van der Waals surface area contributed by atoms with Crippen molar-refractivity contribution < 1.29 is 4.39 Å². The lowest BCUT2D eigenvalue weighted by molar-refractivity contribution is 0.621. The van der Waals surface area contributed by atoms with Crippen LogP contribution in [0.2, 0.25) is 0 Å². The quantitative estimate of drug-likeness (QED) is 0.831. The Morgan fingerprint density at radius 2 is 2.21 bits per heavy atom. The monoisotopic (exact) mass is 277 g/mol. The van der Waals surface area contributed by atoms with Crippen LogP contribution in [0, 0.1) is 5.82 Å². The maximum atomic E-state index is 12.9. The van der Waals surface area contributed by atoms with Crippen LogP contribution in [0.3, 0.4) is 0 Å². The highest BCUT2D eigenvalue weighted by atomic mass is 79.9. The molecule has 4 heteroatoms. The Balaban J connectivity index is 2.42. The van der Waals surface area contributed by atoms with E-state index in [0.717, 1.165) is 28.9 Å². The number of halogens is 2. The van der Waals surface area contributed by atoms with E-state index in [2.05, 4.69) is 27.5 Å². The Morgan fingerprint density at radius 1 is 1.43 bits per heavy atom. The van der Waals surface area contributed by atoms with Crippen LogP contribution in [-0.2, 0) is 6.54 Å². The van der Waals surface area contributed by atoms with Gasteiger partial charge in [-0.1, -0.05) is 15.9 Å². The standard InChI is InChI=1S/C10H13BrFNS/c1-14-3-2-13-7-8-4-9(11)6-10(12)5-8/h4-6,13H,2-3,7H2,1H3. The summed E-state index contributed by atoms with van der Waals surface area (Å²) in [4.78, 5) is 0. The van der Waals surface area contributed by atoms with Crippen molar-refractivity contribution in [3.8, 4) is 0 Å². The van der Waals surface area contributed by atoms with E-state index in [-0.39, 0.29) is 5.82 Å². The molecule has 1 nitrogen and oxygen atoms in total. The molecule has 0 bridgehead atoms. The maximum absolute atomic E-state index is 12.9. The number of hydrogen-bond acceptors (Lipinski definition) is 2. The predicted octanol–water partition coefficient (Wildman–Crippen LogP) is 3.04. The number of rotatable bonds is 5. The molecule has 0 aromatic heterocycles. The Kier molecular flexibility index (Phi) is 5.52. The van der Waals surface area contributed by atoms with E-state index in [4.69, 9.17) is 0 Å². The lowest BCUT2D eigenvalue weighted by Gasteiger charge is -2.04. The van der Waals surface area contributed by atoms with Crippen LogP contribution in [0.5, 0.6) is 0 Å². The Labute approximate surface area is 96.6 Å². The molecule has 0 heterocycles. The van der Waals surface area contributed by atoms with Gasteiger partial charge in [-0.05, 0) is 30.0 Å². The van der Waals surface area contributed by atoms with Gasteiger partial charge in [0.2, 0.25) is 0 Å². The van der Waals surface area contributed by atoms with Crippen molar-refractivity contribution in [2.24, 2.45) is 0 Å².